The average molecular weight is 270 g/mol. The molecule has 1 aromatic rings. The Kier molecular flexibility index (Phi) is 3.69. The Morgan fingerprint density at radius 3 is 2.50 bits per heavy atom. The largest absolute Gasteiger partial charge is 0.497 e. The molecule has 0 fully saturated rings. The summed E-state index contributed by atoms with van der Waals surface area (Å²) in [5.41, 5.74) is 0.846. The van der Waals surface area contributed by atoms with Gasteiger partial charge in [-0.15, -0.1) is 23.2 Å². The van der Waals surface area contributed by atoms with Crippen molar-refractivity contribution < 1.29 is 4.74 Å². The van der Waals surface area contributed by atoms with Crippen LogP contribution in [0.15, 0.2) is 22.7 Å². The fourth-order valence-electron chi connectivity index (χ4n) is 0.812. The number of benzene rings is 1. The van der Waals surface area contributed by atoms with Crippen molar-refractivity contribution in [3.8, 4) is 5.75 Å². The third-order valence-corrected chi connectivity index (χ3v) is 2.60. The van der Waals surface area contributed by atoms with Crippen LogP contribution in [0.5, 0.6) is 5.75 Å². The van der Waals surface area contributed by atoms with Crippen LogP contribution in [0.1, 0.15) is 10.4 Å². The van der Waals surface area contributed by atoms with Crippen molar-refractivity contribution in [3.63, 3.8) is 0 Å². The van der Waals surface area contributed by atoms with Gasteiger partial charge in [-0.1, -0.05) is 22.0 Å². The van der Waals surface area contributed by atoms with E-state index in [1.165, 1.54) is 0 Å². The van der Waals surface area contributed by atoms with Crippen LogP contribution in [0.25, 0.3) is 0 Å². The Labute approximate surface area is 89.7 Å². The molecule has 4 heteroatoms. The van der Waals surface area contributed by atoms with E-state index in [0.717, 1.165) is 15.8 Å². The van der Waals surface area contributed by atoms with Crippen molar-refractivity contribution in [2.45, 2.75) is 4.84 Å². The molecule has 0 heterocycles. The Morgan fingerprint density at radius 2 is 2.08 bits per heavy atom. The van der Waals surface area contributed by atoms with Crippen LogP contribution in [-0.2, 0) is 0 Å². The maximum atomic E-state index is 5.70. The van der Waals surface area contributed by atoms with Crippen LogP contribution in [0.4, 0.5) is 0 Å². The number of halogens is 3. The van der Waals surface area contributed by atoms with E-state index in [1.807, 2.05) is 18.2 Å². The van der Waals surface area contributed by atoms with Crippen LogP contribution in [0.2, 0.25) is 0 Å². The molecule has 0 bridgehead atoms. The van der Waals surface area contributed by atoms with E-state index in [-0.39, 0.29) is 0 Å². The van der Waals surface area contributed by atoms with Gasteiger partial charge in [-0.25, -0.2) is 0 Å². The first kappa shape index (κ1) is 10.2. The lowest BCUT2D eigenvalue weighted by molar-refractivity contribution is 0.414. The zero-order valence-corrected chi connectivity index (χ0v) is 9.45. The number of rotatable bonds is 2. The van der Waals surface area contributed by atoms with Crippen molar-refractivity contribution in [1.82, 2.24) is 0 Å². The number of alkyl halides is 2. The fraction of sp³-hybridized carbons (Fsp3) is 0.250. The molecule has 66 valence electrons. The molecule has 0 saturated heterocycles. The standard InChI is InChI=1S/C8H7BrCl2O/c1-12-5-2-3-6(8(10)11)7(9)4-5/h2-4,8H,1H3. The second kappa shape index (κ2) is 4.35. The lowest BCUT2D eigenvalue weighted by Gasteiger charge is -2.06. The topological polar surface area (TPSA) is 9.23 Å². The first-order valence-electron chi connectivity index (χ1n) is 3.26. The third-order valence-electron chi connectivity index (χ3n) is 1.44. The maximum absolute atomic E-state index is 5.70. The molecular formula is C8H7BrCl2O. The van der Waals surface area contributed by atoms with Crippen molar-refractivity contribution in [3.05, 3.63) is 28.2 Å². The molecule has 0 aliphatic carbocycles. The van der Waals surface area contributed by atoms with Gasteiger partial charge >= 0.3 is 0 Å². The van der Waals surface area contributed by atoms with E-state index in [9.17, 15) is 0 Å². The summed E-state index contributed by atoms with van der Waals surface area (Å²) in [6.07, 6.45) is 0. The summed E-state index contributed by atoms with van der Waals surface area (Å²) in [6.45, 7) is 0. The highest BCUT2D eigenvalue weighted by molar-refractivity contribution is 9.10. The lowest BCUT2D eigenvalue weighted by Crippen LogP contribution is -1.87. The highest BCUT2D eigenvalue weighted by atomic mass is 79.9. The van der Waals surface area contributed by atoms with Crippen LogP contribution in [0, 0.1) is 0 Å². The predicted molar refractivity (Wildman–Crippen MR) is 55.1 cm³/mol. The van der Waals surface area contributed by atoms with Crippen LogP contribution in [0.3, 0.4) is 0 Å². The Morgan fingerprint density at radius 1 is 1.42 bits per heavy atom. The first-order chi connectivity index (χ1) is 5.65. The van der Waals surface area contributed by atoms with Gasteiger partial charge in [0, 0.05) is 4.47 Å². The molecule has 0 amide bonds. The third kappa shape index (κ3) is 2.28. The summed E-state index contributed by atoms with van der Waals surface area (Å²) in [6, 6.07) is 5.47. The van der Waals surface area contributed by atoms with Crippen LogP contribution >= 0.6 is 39.1 Å². The summed E-state index contributed by atoms with van der Waals surface area (Å²) in [5, 5.41) is 0. The summed E-state index contributed by atoms with van der Waals surface area (Å²) >= 11 is 14.7. The molecule has 1 rings (SSSR count). The average Bonchev–Trinajstić information content (AvgIpc) is 2.03. The van der Waals surface area contributed by atoms with Gasteiger partial charge < -0.3 is 4.74 Å². The SMILES string of the molecule is COc1ccc(C(Cl)Cl)c(Br)c1. The first-order valence-corrected chi connectivity index (χ1v) is 4.93. The van der Waals surface area contributed by atoms with Crippen LogP contribution in [-0.4, -0.2) is 7.11 Å². The van der Waals surface area contributed by atoms with Gasteiger partial charge in [0.1, 0.15) is 10.6 Å². The molecule has 1 nitrogen and oxygen atoms in total. The van der Waals surface area contributed by atoms with E-state index in [0.29, 0.717) is 0 Å². The molecule has 0 atom stereocenters. The predicted octanol–water partition coefficient (Wildman–Crippen LogP) is 3.93. The Bertz CT molecular complexity index is 276. The van der Waals surface area contributed by atoms with Crippen molar-refractivity contribution in [2.75, 3.05) is 7.11 Å². The Hall–Kier alpha value is 0.0800. The van der Waals surface area contributed by atoms with E-state index in [1.54, 1.807) is 7.11 Å². The van der Waals surface area contributed by atoms with Gasteiger partial charge in [0.15, 0.2) is 0 Å². The normalized spacial score (nSPS) is 10.4. The van der Waals surface area contributed by atoms with Crippen molar-refractivity contribution in [1.29, 1.82) is 0 Å². The number of ether oxygens (including phenoxy) is 1. The minimum Gasteiger partial charge on any atom is -0.497 e. The molecule has 0 aliphatic heterocycles. The smallest absolute Gasteiger partial charge is 0.133 e. The second-order valence-corrected chi connectivity index (χ2v) is 4.14. The van der Waals surface area contributed by atoms with E-state index in [4.69, 9.17) is 27.9 Å². The minimum atomic E-state index is -0.509. The number of hydrogen-bond donors (Lipinski definition) is 0. The summed E-state index contributed by atoms with van der Waals surface area (Å²) in [5.74, 6) is 0.777. The maximum Gasteiger partial charge on any atom is 0.133 e. The van der Waals surface area contributed by atoms with Gasteiger partial charge in [-0.05, 0) is 17.7 Å². The molecule has 0 aliphatic rings. The molecule has 0 spiro atoms. The molecular weight excluding hydrogens is 263 g/mol. The van der Waals surface area contributed by atoms with E-state index < -0.39 is 4.84 Å². The van der Waals surface area contributed by atoms with Gasteiger partial charge in [0.25, 0.3) is 0 Å². The molecule has 0 radical (unpaired) electrons. The highest BCUT2D eigenvalue weighted by Crippen LogP contribution is 2.33. The van der Waals surface area contributed by atoms with Gasteiger partial charge in [0.05, 0.1) is 7.11 Å². The molecule has 0 unspecified atom stereocenters. The second-order valence-electron chi connectivity index (χ2n) is 2.19. The summed E-state index contributed by atoms with van der Waals surface area (Å²) < 4.78 is 5.87. The molecule has 0 aromatic heterocycles. The zero-order chi connectivity index (χ0) is 9.14. The number of methoxy groups -OCH3 is 1. The molecule has 0 saturated carbocycles. The van der Waals surface area contributed by atoms with E-state index >= 15 is 0 Å². The van der Waals surface area contributed by atoms with Gasteiger partial charge in [0.2, 0.25) is 0 Å². The minimum absolute atomic E-state index is 0.509. The number of hydrogen-bond acceptors (Lipinski definition) is 1. The molecule has 12 heavy (non-hydrogen) atoms. The monoisotopic (exact) mass is 268 g/mol. The molecule has 0 N–H and O–H groups in total. The van der Waals surface area contributed by atoms with Gasteiger partial charge in [-0.3, -0.25) is 0 Å². The lowest BCUT2D eigenvalue weighted by atomic mass is 10.2. The fourth-order valence-corrected chi connectivity index (χ4v) is 2.04. The van der Waals surface area contributed by atoms with Crippen molar-refractivity contribution >= 4 is 39.1 Å². The molecule has 1 aromatic carbocycles. The summed E-state index contributed by atoms with van der Waals surface area (Å²) in [7, 11) is 1.61. The quantitative estimate of drug-likeness (QED) is 0.739. The highest BCUT2D eigenvalue weighted by Gasteiger charge is 2.08. The zero-order valence-electron chi connectivity index (χ0n) is 6.35. The van der Waals surface area contributed by atoms with E-state index in [2.05, 4.69) is 15.9 Å². The Balaban J connectivity index is 3.03. The van der Waals surface area contributed by atoms with Crippen LogP contribution < -0.4 is 4.74 Å². The summed E-state index contributed by atoms with van der Waals surface area (Å²) in [4.78, 5) is -0.509. The van der Waals surface area contributed by atoms with Gasteiger partial charge in [-0.2, -0.15) is 0 Å². The van der Waals surface area contributed by atoms with Crippen molar-refractivity contribution in [2.24, 2.45) is 0 Å².